The van der Waals surface area contributed by atoms with Gasteiger partial charge in [0.2, 0.25) is 11.9 Å². The topological polar surface area (TPSA) is 88.0 Å². The number of piperidine rings is 1. The second-order valence-corrected chi connectivity index (χ2v) is 7.54. The second kappa shape index (κ2) is 9.03. The first-order chi connectivity index (χ1) is 13.5. The van der Waals surface area contributed by atoms with Crippen LogP contribution in [-0.2, 0) is 11.8 Å². The maximum absolute atomic E-state index is 12.5. The van der Waals surface area contributed by atoms with Gasteiger partial charge in [-0.3, -0.25) is 9.48 Å². The number of carbonyl (C=O) groups excluding carboxylic acids is 1. The lowest BCUT2D eigenvalue weighted by Gasteiger charge is -2.32. The van der Waals surface area contributed by atoms with Gasteiger partial charge in [-0.15, -0.1) is 0 Å². The molecule has 1 amide bonds. The van der Waals surface area contributed by atoms with E-state index in [9.17, 15) is 4.79 Å². The van der Waals surface area contributed by atoms with Gasteiger partial charge in [-0.05, 0) is 45.6 Å². The predicted molar refractivity (Wildman–Crippen MR) is 110 cm³/mol. The molecule has 2 aromatic heterocycles. The molecule has 3 rings (SSSR count). The molecule has 0 radical (unpaired) electrons. The number of hydrogen-bond donors (Lipinski definition) is 2. The number of aromatic nitrogens is 4. The van der Waals surface area contributed by atoms with Gasteiger partial charge in [0.25, 0.3) is 0 Å². The highest BCUT2D eigenvalue weighted by molar-refractivity contribution is 5.76. The Balaban J connectivity index is 1.48. The Labute approximate surface area is 166 Å². The first kappa shape index (κ1) is 20.1. The first-order valence-corrected chi connectivity index (χ1v) is 10.1. The molecule has 8 heteroatoms. The van der Waals surface area contributed by atoms with Crippen LogP contribution >= 0.6 is 0 Å². The zero-order valence-corrected chi connectivity index (χ0v) is 17.3. The third kappa shape index (κ3) is 4.99. The van der Waals surface area contributed by atoms with Crippen molar-refractivity contribution in [2.75, 3.05) is 29.9 Å². The number of anilines is 2. The third-order valence-corrected chi connectivity index (χ3v) is 5.28. The zero-order valence-electron chi connectivity index (χ0n) is 17.3. The molecule has 1 fully saturated rings. The maximum Gasteiger partial charge on any atom is 0.224 e. The SMILES string of the molecule is CCNc1nccc(N2CCC(CC(=O)NC(C)c3cn(C)nc3C)CC2)n1. The van der Waals surface area contributed by atoms with Gasteiger partial charge in [-0.1, -0.05) is 0 Å². The Bertz CT molecular complexity index is 796. The molecule has 1 saturated heterocycles. The van der Waals surface area contributed by atoms with Crippen molar-refractivity contribution in [3.8, 4) is 0 Å². The van der Waals surface area contributed by atoms with Crippen LogP contribution in [0.2, 0.25) is 0 Å². The minimum Gasteiger partial charge on any atom is -0.356 e. The molecule has 1 aliphatic rings. The van der Waals surface area contributed by atoms with Crippen LogP contribution in [0.3, 0.4) is 0 Å². The second-order valence-electron chi connectivity index (χ2n) is 7.54. The van der Waals surface area contributed by atoms with Crippen LogP contribution in [0.5, 0.6) is 0 Å². The van der Waals surface area contributed by atoms with Gasteiger partial charge in [0.05, 0.1) is 11.7 Å². The molecule has 1 atom stereocenters. The van der Waals surface area contributed by atoms with Crippen molar-refractivity contribution in [2.45, 2.75) is 46.1 Å². The Hall–Kier alpha value is -2.64. The summed E-state index contributed by atoms with van der Waals surface area (Å²) in [6.45, 7) is 8.65. The van der Waals surface area contributed by atoms with Crippen LogP contribution in [0.4, 0.5) is 11.8 Å². The Morgan fingerprint density at radius 3 is 2.75 bits per heavy atom. The van der Waals surface area contributed by atoms with Crippen LogP contribution in [0.15, 0.2) is 18.5 Å². The van der Waals surface area contributed by atoms with E-state index in [1.54, 1.807) is 10.9 Å². The van der Waals surface area contributed by atoms with Gasteiger partial charge in [0, 0.05) is 51.1 Å². The molecule has 2 aromatic rings. The van der Waals surface area contributed by atoms with Crippen molar-refractivity contribution in [1.82, 2.24) is 25.1 Å². The van der Waals surface area contributed by atoms with E-state index in [4.69, 9.17) is 0 Å². The van der Waals surface area contributed by atoms with E-state index in [0.29, 0.717) is 18.3 Å². The van der Waals surface area contributed by atoms with Gasteiger partial charge in [-0.25, -0.2) is 4.98 Å². The summed E-state index contributed by atoms with van der Waals surface area (Å²) < 4.78 is 1.79. The number of nitrogens with zero attached hydrogens (tertiary/aromatic N) is 5. The lowest BCUT2D eigenvalue weighted by molar-refractivity contribution is -0.122. The molecule has 0 saturated carbocycles. The highest BCUT2D eigenvalue weighted by Gasteiger charge is 2.23. The highest BCUT2D eigenvalue weighted by atomic mass is 16.1. The van der Waals surface area contributed by atoms with E-state index in [-0.39, 0.29) is 11.9 Å². The van der Waals surface area contributed by atoms with Crippen molar-refractivity contribution in [2.24, 2.45) is 13.0 Å². The fourth-order valence-corrected chi connectivity index (χ4v) is 3.82. The molecular formula is C20H31N7O. The summed E-state index contributed by atoms with van der Waals surface area (Å²) in [7, 11) is 1.90. The van der Waals surface area contributed by atoms with E-state index in [1.165, 1.54) is 0 Å². The normalized spacial score (nSPS) is 16.1. The lowest BCUT2D eigenvalue weighted by atomic mass is 9.93. The molecule has 0 bridgehead atoms. The zero-order chi connectivity index (χ0) is 20.1. The fraction of sp³-hybridized carbons (Fsp3) is 0.600. The molecule has 3 heterocycles. The molecule has 8 nitrogen and oxygen atoms in total. The van der Waals surface area contributed by atoms with Crippen LogP contribution in [0.1, 0.15) is 50.4 Å². The first-order valence-electron chi connectivity index (χ1n) is 10.1. The quantitative estimate of drug-likeness (QED) is 0.761. The molecule has 1 unspecified atom stereocenters. The molecule has 0 spiro atoms. The standard InChI is InChI=1S/C20H31N7O/c1-5-21-20-22-9-6-18(24-20)27-10-7-16(8-11-27)12-19(28)23-14(2)17-13-26(4)25-15(17)3/h6,9,13-14,16H,5,7-8,10-12H2,1-4H3,(H,23,28)(H,21,22,24). The number of hydrogen-bond acceptors (Lipinski definition) is 6. The summed E-state index contributed by atoms with van der Waals surface area (Å²) in [4.78, 5) is 23.6. The van der Waals surface area contributed by atoms with Gasteiger partial charge >= 0.3 is 0 Å². The number of aryl methyl sites for hydroxylation is 2. The Kier molecular flexibility index (Phi) is 6.49. The third-order valence-electron chi connectivity index (χ3n) is 5.28. The smallest absolute Gasteiger partial charge is 0.224 e. The predicted octanol–water partition coefficient (Wildman–Crippen LogP) is 2.43. The Morgan fingerprint density at radius 2 is 2.11 bits per heavy atom. The molecule has 152 valence electrons. The summed E-state index contributed by atoms with van der Waals surface area (Å²) in [5.41, 5.74) is 2.04. The van der Waals surface area contributed by atoms with Crippen molar-refractivity contribution in [3.05, 3.63) is 29.7 Å². The summed E-state index contributed by atoms with van der Waals surface area (Å²) in [6, 6.07) is 1.93. The monoisotopic (exact) mass is 385 g/mol. The number of amides is 1. The van der Waals surface area contributed by atoms with Gasteiger partial charge in [0.15, 0.2) is 0 Å². The van der Waals surface area contributed by atoms with Crippen molar-refractivity contribution >= 4 is 17.7 Å². The highest BCUT2D eigenvalue weighted by Crippen LogP contribution is 2.25. The number of nitrogens with one attached hydrogen (secondary N) is 2. The number of rotatable bonds is 7. The Morgan fingerprint density at radius 1 is 1.36 bits per heavy atom. The van der Waals surface area contributed by atoms with Gasteiger partial charge < -0.3 is 15.5 Å². The lowest BCUT2D eigenvalue weighted by Crippen LogP contribution is -2.37. The van der Waals surface area contributed by atoms with Crippen LogP contribution in [-0.4, -0.2) is 45.3 Å². The summed E-state index contributed by atoms with van der Waals surface area (Å²) in [5.74, 6) is 2.15. The van der Waals surface area contributed by atoms with Crippen LogP contribution in [0, 0.1) is 12.8 Å². The van der Waals surface area contributed by atoms with E-state index < -0.39 is 0 Å². The minimum absolute atomic E-state index is 0.0215. The van der Waals surface area contributed by atoms with Gasteiger partial charge in [-0.2, -0.15) is 10.1 Å². The van der Waals surface area contributed by atoms with Crippen LogP contribution in [0.25, 0.3) is 0 Å². The van der Waals surface area contributed by atoms with Crippen molar-refractivity contribution < 1.29 is 4.79 Å². The summed E-state index contributed by atoms with van der Waals surface area (Å²) in [6.07, 6.45) is 6.33. The molecule has 2 N–H and O–H groups in total. The molecule has 0 aliphatic carbocycles. The molecule has 28 heavy (non-hydrogen) atoms. The number of carbonyl (C=O) groups is 1. The summed E-state index contributed by atoms with van der Waals surface area (Å²) >= 11 is 0. The van der Waals surface area contributed by atoms with E-state index in [2.05, 4.69) is 30.6 Å². The van der Waals surface area contributed by atoms with E-state index in [0.717, 1.165) is 49.6 Å². The average Bonchev–Trinajstić information content (AvgIpc) is 3.01. The minimum atomic E-state index is -0.0215. The fourth-order valence-electron chi connectivity index (χ4n) is 3.82. The average molecular weight is 386 g/mol. The summed E-state index contributed by atoms with van der Waals surface area (Å²) in [5, 5.41) is 10.6. The van der Waals surface area contributed by atoms with E-state index in [1.807, 2.05) is 40.1 Å². The van der Waals surface area contributed by atoms with Gasteiger partial charge in [0.1, 0.15) is 5.82 Å². The van der Waals surface area contributed by atoms with Crippen molar-refractivity contribution in [1.29, 1.82) is 0 Å². The maximum atomic E-state index is 12.5. The van der Waals surface area contributed by atoms with Crippen molar-refractivity contribution in [3.63, 3.8) is 0 Å². The molecule has 1 aliphatic heterocycles. The van der Waals surface area contributed by atoms with E-state index >= 15 is 0 Å². The molecular weight excluding hydrogens is 354 g/mol. The molecule has 0 aromatic carbocycles. The largest absolute Gasteiger partial charge is 0.356 e. The van der Waals surface area contributed by atoms with Crippen LogP contribution < -0.4 is 15.5 Å².